The molecular weight excluding hydrogens is 246 g/mol. The summed E-state index contributed by atoms with van der Waals surface area (Å²) in [4.78, 5) is 12.9. The zero-order valence-corrected chi connectivity index (χ0v) is 12.0. The molecule has 106 valence electrons. The largest absolute Gasteiger partial charge is 0.317 e. The number of carbonyl (C=O) groups excluding carboxylic acids is 1. The fourth-order valence-corrected chi connectivity index (χ4v) is 4.18. The van der Waals surface area contributed by atoms with Gasteiger partial charge in [0.05, 0.1) is 0 Å². The van der Waals surface area contributed by atoms with Crippen LogP contribution in [-0.2, 0) is 0 Å². The van der Waals surface area contributed by atoms with Crippen molar-refractivity contribution in [3.63, 3.8) is 0 Å². The van der Waals surface area contributed by atoms with Gasteiger partial charge in [0.2, 0.25) is 0 Å². The van der Waals surface area contributed by atoms with Gasteiger partial charge < -0.3 is 5.32 Å². The van der Waals surface area contributed by atoms with Crippen LogP contribution in [-0.4, -0.2) is 18.9 Å². The van der Waals surface area contributed by atoms with Gasteiger partial charge in [0.15, 0.2) is 5.78 Å². The fraction of sp³-hybridized carbons (Fsp3) is 0.611. The Morgan fingerprint density at radius 1 is 1.15 bits per heavy atom. The summed E-state index contributed by atoms with van der Waals surface area (Å²) in [7, 11) is 0. The first-order valence-corrected chi connectivity index (χ1v) is 8.14. The summed E-state index contributed by atoms with van der Waals surface area (Å²) < 4.78 is 0. The maximum atomic E-state index is 12.9. The van der Waals surface area contributed by atoms with Gasteiger partial charge >= 0.3 is 0 Å². The van der Waals surface area contributed by atoms with E-state index >= 15 is 0 Å². The third kappa shape index (κ3) is 1.93. The van der Waals surface area contributed by atoms with Crippen LogP contribution >= 0.6 is 0 Å². The van der Waals surface area contributed by atoms with Crippen molar-refractivity contribution in [1.82, 2.24) is 5.32 Å². The van der Waals surface area contributed by atoms with Crippen LogP contribution in [0.2, 0.25) is 0 Å². The molecule has 1 aromatic rings. The van der Waals surface area contributed by atoms with Gasteiger partial charge in [-0.05, 0) is 62.1 Å². The lowest BCUT2D eigenvalue weighted by molar-refractivity contribution is 0.0938. The second kappa shape index (κ2) is 4.70. The number of Topliss-reactive ketones (excluding diaryl/α,β-unsaturated/α-hetero) is 1. The Kier molecular flexibility index (Phi) is 2.95. The van der Waals surface area contributed by atoms with E-state index in [0.29, 0.717) is 23.0 Å². The van der Waals surface area contributed by atoms with Gasteiger partial charge in [-0.2, -0.15) is 0 Å². The molecule has 1 spiro atoms. The van der Waals surface area contributed by atoms with Gasteiger partial charge in [-0.3, -0.25) is 4.79 Å². The van der Waals surface area contributed by atoms with Crippen molar-refractivity contribution in [2.45, 2.75) is 44.4 Å². The first kappa shape index (κ1) is 12.6. The van der Waals surface area contributed by atoms with Crippen LogP contribution in [0.3, 0.4) is 0 Å². The monoisotopic (exact) mass is 269 g/mol. The Labute approximate surface area is 121 Å². The number of hydrogen-bond donors (Lipinski definition) is 1. The van der Waals surface area contributed by atoms with Crippen LogP contribution in [0.1, 0.15) is 60.4 Å². The molecule has 1 heterocycles. The highest BCUT2D eigenvalue weighted by Crippen LogP contribution is 2.60. The lowest BCUT2D eigenvalue weighted by Gasteiger charge is -2.28. The van der Waals surface area contributed by atoms with E-state index in [1.54, 1.807) is 0 Å². The molecule has 0 bridgehead atoms. The average Bonchev–Trinajstić information content (AvgIpc) is 3.11. The zero-order chi connectivity index (χ0) is 13.6. The first-order chi connectivity index (χ1) is 9.80. The molecule has 1 saturated heterocycles. The van der Waals surface area contributed by atoms with E-state index in [-0.39, 0.29) is 0 Å². The van der Waals surface area contributed by atoms with Crippen LogP contribution in [0.15, 0.2) is 24.3 Å². The smallest absolute Gasteiger partial charge is 0.166 e. The third-order valence-corrected chi connectivity index (χ3v) is 5.88. The van der Waals surface area contributed by atoms with Crippen molar-refractivity contribution in [3.8, 4) is 0 Å². The predicted octanol–water partition coefficient (Wildman–Crippen LogP) is 3.53. The topological polar surface area (TPSA) is 29.1 Å². The van der Waals surface area contributed by atoms with Gasteiger partial charge in [-0.15, -0.1) is 0 Å². The summed E-state index contributed by atoms with van der Waals surface area (Å²) >= 11 is 0. The van der Waals surface area contributed by atoms with E-state index in [9.17, 15) is 4.79 Å². The molecule has 1 atom stereocenters. The molecule has 0 amide bonds. The molecule has 1 aliphatic heterocycles. The normalized spacial score (nSPS) is 28.1. The van der Waals surface area contributed by atoms with E-state index in [1.165, 1.54) is 37.7 Å². The summed E-state index contributed by atoms with van der Waals surface area (Å²) in [5, 5.41) is 3.42. The average molecular weight is 269 g/mol. The summed E-state index contributed by atoms with van der Waals surface area (Å²) in [5.41, 5.74) is 2.73. The standard InChI is InChI=1S/C18H23NO/c20-17(16-12-18(16)8-10-19-11-9-18)15-7-2-1-6-14(15)13-4-3-5-13/h1-2,6-7,13,16,19H,3-5,8-12H2. The van der Waals surface area contributed by atoms with Crippen LogP contribution in [0.5, 0.6) is 0 Å². The lowest BCUT2D eigenvalue weighted by Crippen LogP contribution is -2.31. The molecule has 2 aliphatic carbocycles. The second-order valence-electron chi connectivity index (χ2n) is 6.95. The Morgan fingerprint density at radius 3 is 2.60 bits per heavy atom. The van der Waals surface area contributed by atoms with E-state index < -0.39 is 0 Å². The number of rotatable bonds is 3. The molecule has 4 rings (SSSR count). The van der Waals surface area contributed by atoms with Crippen LogP contribution < -0.4 is 5.32 Å². The summed E-state index contributed by atoms with van der Waals surface area (Å²) in [6, 6.07) is 8.39. The number of benzene rings is 1. The highest BCUT2D eigenvalue weighted by Gasteiger charge is 2.57. The minimum absolute atomic E-state index is 0.311. The van der Waals surface area contributed by atoms with Crippen LogP contribution in [0, 0.1) is 11.3 Å². The fourth-order valence-electron chi connectivity index (χ4n) is 4.18. The maximum Gasteiger partial charge on any atom is 0.166 e. The minimum Gasteiger partial charge on any atom is -0.317 e. The van der Waals surface area contributed by atoms with Gasteiger partial charge in [0, 0.05) is 11.5 Å². The molecule has 0 aromatic heterocycles. The molecule has 1 unspecified atom stereocenters. The molecule has 1 aromatic carbocycles. The number of nitrogens with one attached hydrogen (secondary N) is 1. The lowest BCUT2D eigenvalue weighted by atomic mass is 9.77. The van der Waals surface area contributed by atoms with E-state index in [4.69, 9.17) is 0 Å². The quantitative estimate of drug-likeness (QED) is 0.851. The number of hydrogen-bond acceptors (Lipinski definition) is 2. The van der Waals surface area contributed by atoms with E-state index in [2.05, 4.69) is 23.5 Å². The molecule has 2 nitrogen and oxygen atoms in total. The molecule has 2 heteroatoms. The van der Waals surface area contributed by atoms with E-state index in [1.807, 2.05) is 6.07 Å². The third-order valence-electron chi connectivity index (χ3n) is 5.88. The Morgan fingerprint density at radius 2 is 1.90 bits per heavy atom. The molecule has 3 fully saturated rings. The summed E-state index contributed by atoms with van der Waals surface area (Å²) in [6.45, 7) is 2.18. The SMILES string of the molecule is O=C(c1ccccc1C1CCC1)C1CC12CCNCC2. The molecule has 20 heavy (non-hydrogen) atoms. The van der Waals surface area contributed by atoms with Gasteiger partial charge in [-0.1, -0.05) is 30.7 Å². The number of piperidine rings is 1. The van der Waals surface area contributed by atoms with Crippen molar-refractivity contribution in [2.75, 3.05) is 13.1 Å². The Balaban J connectivity index is 1.57. The number of ketones is 1. The highest BCUT2D eigenvalue weighted by molar-refractivity contribution is 6.01. The summed E-state index contributed by atoms with van der Waals surface area (Å²) in [5.74, 6) is 1.40. The molecule has 2 saturated carbocycles. The van der Waals surface area contributed by atoms with Crippen molar-refractivity contribution in [2.24, 2.45) is 11.3 Å². The van der Waals surface area contributed by atoms with Crippen molar-refractivity contribution < 1.29 is 4.79 Å². The Hall–Kier alpha value is -1.15. The molecule has 1 N–H and O–H groups in total. The highest BCUT2D eigenvalue weighted by atomic mass is 16.1. The zero-order valence-electron chi connectivity index (χ0n) is 12.0. The number of carbonyl (C=O) groups is 1. The minimum atomic E-state index is 0.311. The van der Waals surface area contributed by atoms with Crippen LogP contribution in [0.4, 0.5) is 0 Å². The first-order valence-electron chi connectivity index (χ1n) is 8.14. The van der Waals surface area contributed by atoms with Crippen molar-refractivity contribution >= 4 is 5.78 Å². The Bertz CT molecular complexity index is 526. The van der Waals surface area contributed by atoms with Gasteiger partial charge in [0.1, 0.15) is 0 Å². The van der Waals surface area contributed by atoms with Gasteiger partial charge in [-0.25, -0.2) is 0 Å². The molecule has 3 aliphatic rings. The summed E-state index contributed by atoms with van der Waals surface area (Å²) in [6.07, 6.45) is 7.37. The second-order valence-corrected chi connectivity index (χ2v) is 6.95. The van der Waals surface area contributed by atoms with Crippen molar-refractivity contribution in [3.05, 3.63) is 35.4 Å². The molecule has 0 radical (unpaired) electrons. The van der Waals surface area contributed by atoms with Crippen LogP contribution in [0.25, 0.3) is 0 Å². The van der Waals surface area contributed by atoms with Crippen molar-refractivity contribution in [1.29, 1.82) is 0 Å². The van der Waals surface area contributed by atoms with Gasteiger partial charge in [0.25, 0.3) is 0 Å². The maximum absolute atomic E-state index is 12.9. The molecular formula is C18H23NO. The van der Waals surface area contributed by atoms with E-state index in [0.717, 1.165) is 25.1 Å². The predicted molar refractivity (Wildman–Crippen MR) is 80.0 cm³/mol.